The molecule has 1 aliphatic heterocycles. The van der Waals surface area contributed by atoms with Gasteiger partial charge in [0.05, 0.1) is 13.2 Å². The molecule has 1 fully saturated rings. The molecule has 1 N–H and O–H groups in total. The topological polar surface area (TPSA) is 36.3 Å². The first-order valence-corrected chi connectivity index (χ1v) is 5.74. The second-order valence-electron chi connectivity index (χ2n) is 4.12. The number of rotatable bonds is 1. The minimum Gasteiger partial charge on any atom is -0.378 e. The Balaban J connectivity index is 2.04. The maximum absolute atomic E-state index is 8.17. The molecule has 0 aromatic heterocycles. The van der Waals surface area contributed by atoms with Crippen LogP contribution in [0.15, 0.2) is 35.5 Å². The lowest BCUT2D eigenvalue weighted by Crippen LogP contribution is -2.40. The van der Waals surface area contributed by atoms with E-state index in [2.05, 4.69) is 30.1 Å². The van der Waals surface area contributed by atoms with Crippen LogP contribution in [0.1, 0.15) is 13.3 Å². The highest BCUT2D eigenvalue weighted by molar-refractivity contribution is 5.98. The van der Waals surface area contributed by atoms with E-state index in [-0.39, 0.29) is 0 Å². The quantitative estimate of drug-likeness (QED) is 0.540. The van der Waals surface area contributed by atoms with Crippen LogP contribution in [0.3, 0.4) is 0 Å². The van der Waals surface area contributed by atoms with Gasteiger partial charge in [-0.05, 0) is 13.3 Å². The number of allylic oxidation sites excluding steroid dienone is 4. The summed E-state index contributed by atoms with van der Waals surface area (Å²) in [6.45, 7) is 5.21. The molecule has 3 nitrogen and oxygen atoms in total. The third-order valence-electron chi connectivity index (χ3n) is 2.90. The maximum atomic E-state index is 8.17. The Kier molecular flexibility index (Phi) is 3.57. The summed E-state index contributed by atoms with van der Waals surface area (Å²) in [5.41, 5.74) is 2.29. The van der Waals surface area contributed by atoms with Crippen molar-refractivity contribution in [3.8, 4) is 0 Å². The molecule has 0 spiro atoms. The standard InChI is InChI=1S/C13H18N2O/c1-11-3-2-4-12(6-5-11)13(14)15-7-9-16-10-8-15/h3-6,14H,2,7-10H2,1H3. The van der Waals surface area contributed by atoms with Gasteiger partial charge in [-0.2, -0.15) is 0 Å². The van der Waals surface area contributed by atoms with Crippen molar-refractivity contribution >= 4 is 5.84 Å². The van der Waals surface area contributed by atoms with Gasteiger partial charge in [0.15, 0.2) is 0 Å². The molecule has 0 amide bonds. The van der Waals surface area contributed by atoms with Gasteiger partial charge >= 0.3 is 0 Å². The number of hydrogen-bond acceptors (Lipinski definition) is 2. The van der Waals surface area contributed by atoms with Gasteiger partial charge in [0.1, 0.15) is 5.84 Å². The van der Waals surface area contributed by atoms with Crippen LogP contribution in [-0.2, 0) is 4.74 Å². The fraction of sp³-hybridized carbons (Fsp3) is 0.462. The van der Waals surface area contributed by atoms with Crippen LogP contribution >= 0.6 is 0 Å². The van der Waals surface area contributed by atoms with Crippen LogP contribution in [-0.4, -0.2) is 37.0 Å². The van der Waals surface area contributed by atoms with Crippen molar-refractivity contribution in [3.05, 3.63) is 35.5 Å². The zero-order valence-electron chi connectivity index (χ0n) is 9.70. The van der Waals surface area contributed by atoms with Crippen molar-refractivity contribution in [3.63, 3.8) is 0 Å². The SMILES string of the molecule is CC1=CCC=C(C(=N)N2CCOCC2)C=C1. The summed E-state index contributed by atoms with van der Waals surface area (Å²) >= 11 is 0. The van der Waals surface area contributed by atoms with Gasteiger partial charge in [0.2, 0.25) is 0 Å². The van der Waals surface area contributed by atoms with Crippen LogP contribution in [0.2, 0.25) is 0 Å². The Labute approximate surface area is 96.6 Å². The molecule has 0 radical (unpaired) electrons. The van der Waals surface area contributed by atoms with E-state index in [4.69, 9.17) is 10.1 Å². The number of hydrogen-bond donors (Lipinski definition) is 1. The summed E-state index contributed by atoms with van der Waals surface area (Å²) in [5, 5.41) is 8.17. The molecular weight excluding hydrogens is 200 g/mol. The molecular formula is C13H18N2O. The molecule has 1 saturated heterocycles. The molecule has 0 aromatic carbocycles. The predicted molar refractivity (Wildman–Crippen MR) is 65.7 cm³/mol. The Morgan fingerprint density at radius 3 is 2.75 bits per heavy atom. The van der Waals surface area contributed by atoms with Crippen LogP contribution in [0.25, 0.3) is 0 Å². The average molecular weight is 218 g/mol. The highest BCUT2D eigenvalue weighted by atomic mass is 16.5. The van der Waals surface area contributed by atoms with Crippen molar-refractivity contribution in [1.29, 1.82) is 5.41 Å². The zero-order valence-corrected chi connectivity index (χ0v) is 9.70. The first kappa shape index (κ1) is 11.1. The monoisotopic (exact) mass is 218 g/mol. The molecule has 3 heteroatoms. The molecule has 2 aliphatic rings. The second kappa shape index (κ2) is 5.12. The number of amidine groups is 1. The van der Waals surface area contributed by atoms with Gasteiger partial charge in [-0.15, -0.1) is 0 Å². The first-order chi connectivity index (χ1) is 7.77. The van der Waals surface area contributed by atoms with Crippen molar-refractivity contribution in [2.45, 2.75) is 13.3 Å². The van der Waals surface area contributed by atoms with Crippen LogP contribution in [0.5, 0.6) is 0 Å². The Bertz CT molecular complexity index is 360. The van der Waals surface area contributed by atoms with Gasteiger partial charge in [-0.25, -0.2) is 0 Å². The van der Waals surface area contributed by atoms with E-state index in [1.165, 1.54) is 5.57 Å². The van der Waals surface area contributed by atoms with Gasteiger partial charge in [0, 0.05) is 18.7 Å². The third-order valence-corrected chi connectivity index (χ3v) is 2.90. The van der Waals surface area contributed by atoms with Gasteiger partial charge < -0.3 is 9.64 Å². The van der Waals surface area contributed by atoms with Crippen molar-refractivity contribution in [1.82, 2.24) is 4.90 Å². The highest BCUT2D eigenvalue weighted by Gasteiger charge is 2.15. The van der Waals surface area contributed by atoms with Gasteiger partial charge in [-0.3, -0.25) is 5.41 Å². The number of morpholine rings is 1. The first-order valence-electron chi connectivity index (χ1n) is 5.74. The van der Waals surface area contributed by atoms with E-state index < -0.39 is 0 Å². The number of ether oxygens (including phenoxy) is 1. The molecule has 16 heavy (non-hydrogen) atoms. The summed E-state index contributed by atoms with van der Waals surface area (Å²) in [6.07, 6.45) is 9.33. The van der Waals surface area contributed by atoms with Crippen molar-refractivity contribution < 1.29 is 4.74 Å². The van der Waals surface area contributed by atoms with Crippen LogP contribution < -0.4 is 0 Å². The lowest BCUT2D eigenvalue weighted by Gasteiger charge is -2.29. The van der Waals surface area contributed by atoms with Crippen LogP contribution in [0.4, 0.5) is 0 Å². The molecule has 0 saturated carbocycles. The van der Waals surface area contributed by atoms with Gasteiger partial charge in [-0.1, -0.05) is 29.9 Å². The van der Waals surface area contributed by atoms with E-state index in [1.807, 2.05) is 6.08 Å². The largest absolute Gasteiger partial charge is 0.378 e. The van der Waals surface area contributed by atoms with E-state index >= 15 is 0 Å². The normalized spacial score (nSPS) is 21.2. The fourth-order valence-corrected chi connectivity index (χ4v) is 1.87. The van der Waals surface area contributed by atoms with E-state index in [0.717, 1.165) is 38.3 Å². The summed E-state index contributed by atoms with van der Waals surface area (Å²) in [5.74, 6) is 0.627. The molecule has 1 heterocycles. The van der Waals surface area contributed by atoms with E-state index in [1.54, 1.807) is 0 Å². The molecule has 86 valence electrons. The number of nitrogens with zero attached hydrogens (tertiary/aromatic N) is 1. The molecule has 0 aromatic rings. The van der Waals surface area contributed by atoms with E-state index in [9.17, 15) is 0 Å². The Morgan fingerprint density at radius 2 is 2.00 bits per heavy atom. The lowest BCUT2D eigenvalue weighted by molar-refractivity contribution is 0.0679. The zero-order chi connectivity index (χ0) is 11.4. The minimum absolute atomic E-state index is 0.627. The van der Waals surface area contributed by atoms with E-state index in [0.29, 0.717) is 5.84 Å². The summed E-state index contributed by atoms with van der Waals surface area (Å²) in [4.78, 5) is 2.08. The minimum atomic E-state index is 0.627. The molecule has 2 rings (SSSR count). The van der Waals surface area contributed by atoms with Gasteiger partial charge in [0.25, 0.3) is 0 Å². The predicted octanol–water partition coefficient (Wildman–Crippen LogP) is 2.13. The summed E-state index contributed by atoms with van der Waals surface area (Å²) in [7, 11) is 0. The lowest BCUT2D eigenvalue weighted by atomic mass is 10.1. The molecule has 0 bridgehead atoms. The van der Waals surface area contributed by atoms with Crippen molar-refractivity contribution in [2.75, 3.05) is 26.3 Å². The second-order valence-corrected chi connectivity index (χ2v) is 4.12. The average Bonchev–Trinajstić information content (AvgIpc) is 2.54. The maximum Gasteiger partial charge on any atom is 0.127 e. The summed E-state index contributed by atoms with van der Waals surface area (Å²) in [6, 6.07) is 0. The molecule has 0 unspecified atom stereocenters. The summed E-state index contributed by atoms with van der Waals surface area (Å²) < 4.78 is 5.29. The Hall–Kier alpha value is -1.35. The molecule has 0 atom stereocenters. The molecule has 1 aliphatic carbocycles. The third kappa shape index (κ3) is 2.61. The number of nitrogens with one attached hydrogen (secondary N) is 1. The highest BCUT2D eigenvalue weighted by Crippen LogP contribution is 2.13. The van der Waals surface area contributed by atoms with Crippen molar-refractivity contribution in [2.24, 2.45) is 0 Å². The van der Waals surface area contributed by atoms with Crippen LogP contribution in [0, 0.1) is 5.41 Å². The fourth-order valence-electron chi connectivity index (χ4n) is 1.87. The smallest absolute Gasteiger partial charge is 0.127 e. The Morgan fingerprint density at radius 1 is 1.25 bits per heavy atom.